The van der Waals surface area contributed by atoms with E-state index in [4.69, 9.17) is 23.2 Å². The predicted molar refractivity (Wildman–Crippen MR) is 107 cm³/mol. The lowest BCUT2D eigenvalue weighted by molar-refractivity contribution is -0.141. The van der Waals surface area contributed by atoms with E-state index in [9.17, 15) is 14.4 Å². The van der Waals surface area contributed by atoms with E-state index < -0.39 is 0 Å². The molecule has 1 N–H and O–H groups in total. The van der Waals surface area contributed by atoms with E-state index in [0.29, 0.717) is 35.2 Å². The average Bonchev–Trinajstić information content (AvgIpc) is 2.64. The van der Waals surface area contributed by atoms with Crippen LogP contribution < -0.4 is 5.32 Å². The summed E-state index contributed by atoms with van der Waals surface area (Å²) in [6, 6.07) is 4.94. The van der Waals surface area contributed by atoms with Gasteiger partial charge in [-0.15, -0.1) is 0 Å². The number of rotatable bonds is 6. The molecule has 0 aromatic heterocycles. The number of piperidine rings is 1. The highest BCUT2D eigenvalue weighted by molar-refractivity contribution is 6.39. The molecule has 6 nitrogen and oxygen atoms in total. The number of halogens is 2. The maximum atomic E-state index is 12.7. The van der Waals surface area contributed by atoms with Crippen molar-refractivity contribution in [1.82, 2.24) is 9.80 Å². The van der Waals surface area contributed by atoms with Crippen molar-refractivity contribution in [2.24, 2.45) is 5.92 Å². The SMILES string of the molecule is CCCC(=O)N1CCCC(C(=O)N(C)CC(=O)Nc2c(Cl)cccc2Cl)C1. The summed E-state index contributed by atoms with van der Waals surface area (Å²) in [5.41, 5.74) is 0.334. The molecule has 1 unspecified atom stereocenters. The van der Waals surface area contributed by atoms with Gasteiger partial charge in [0.1, 0.15) is 0 Å². The fraction of sp³-hybridized carbons (Fsp3) is 0.526. The lowest BCUT2D eigenvalue weighted by Gasteiger charge is -2.34. The molecule has 0 bridgehead atoms. The van der Waals surface area contributed by atoms with E-state index in [-0.39, 0.29) is 30.2 Å². The van der Waals surface area contributed by atoms with Gasteiger partial charge in [-0.25, -0.2) is 0 Å². The van der Waals surface area contributed by atoms with E-state index in [1.54, 1.807) is 30.1 Å². The molecular formula is C19H25Cl2N3O3. The van der Waals surface area contributed by atoms with Gasteiger partial charge in [0.2, 0.25) is 17.7 Å². The molecule has 1 heterocycles. The molecule has 0 radical (unpaired) electrons. The number of hydrogen-bond donors (Lipinski definition) is 1. The number of nitrogens with zero attached hydrogens (tertiary/aromatic N) is 2. The van der Waals surface area contributed by atoms with Gasteiger partial charge in [-0.1, -0.05) is 36.2 Å². The van der Waals surface area contributed by atoms with Gasteiger partial charge >= 0.3 is 0 Å². The molecule has 0 spiro atoms. The van der Waals surface area contributed by atoms with Crippen LogP contribution in [0.15, 0.2) is 18.2 Å². The Morgan fingerprint density at radius 1 is 1.26 bits per heavy atom. The van der Waals surface area contributed by atoms with Gasteiger partial charge in [0.25, 0.3) is 0 Å². The first-order chi connectivity index (χ1) is 12.8. The molecule has 148 valence electrons. The summed E-state index contributed by atoms with van der Waals surface area (Å²) < 4.78 is 0. The van der Waals surface area contributed by atoms with Crippen LogP contribution in [0.4, 0.5) is 5.69 Å². The van der Waals surface area contributed by atoms with Crippen LogP contribution in [0.1, 0.15) is 32.6 Å². The molecule has 27 heavy (non-hydrogen) atoms. The number of carbonyl (C=O) groups is 3. The number of likely N-dealkylation sites (tertiary alicyclic amines) is 1. The Bertz CT molecular complexity index is 691. The van der Waals surface area contributed by atoms with Gasteiger partial charge in [-0.3, -0.25) is 14.4 Å². The molecule has 0 saturated carbocycles. The zero-order valence-electron chi connectivity index (χ0n) is 15.6. The first-order valence-corrected chi connectivity index (χ1v) is 9.85. The zero-order valence-corrected chi connectivity index (χ0v) is 17.1. The first kappa shape index (κ1) is 21.5. The largest absolute Gasteiger partial charge is 0.342 e. The van der Waals surface area contributed by atoms with E-state index in [1.807, 2.05) is 6.92 Å². The van der Waals surface area contributed by atoms with Crippen molar-refractivity contribution in [1.29, 1.82) is 0 Å². The van der Waals surface area contributed by atoms with Crippen molar-refractivity contribution in [3.63, 3.8) is 0 Å². The molecule has 0 aliphatic carbocycles. The summed E-state index contributed by atoms with van der Waals surface area (Å²) in [6.45, 7) is 2.96. The molecule has 2 rings (SSSR count). The number of benzene rings is 1. The second kappa shape index (κ2) is 9.95. The first-order valence-electron chi connectivity index (χ1n) is 9.10. The number of anilines is 1. The Kier molecular flexibility index (Phi) is 7.92. The van der Waals surface area contributed by atoms with Crippen LogP contribution in [-0.4, -0.2) is 54.2 Å². The summed E-state index contributed by atoms with van der Waals surface area (Å²) in [5.74, 6) is -0.704. The lowest BCUT2D eigenvalue weighted by Crippen LogP contribution is -2.47. The second-order valence-electron chi connectivity index (χ2n) is 6.77. The topological polar surface area (TPSA) is 69.7 Å². The molecular weight excluding hydrogens is 389 g/mol. The minimum Gasteiger partial charge on any atom is -0.342 e. The van der Waals surface area contributed by atoms with E-state index >= 15 is 0 Å². The Morgan fingerprint density at radius 3 is 2.56 bits per heavy atom. The van der Waals surface area contributed by atoms with Crippen molar-refractivity contribution in [3.05, 3.63) is 28.2 Å². The maximum Gasteiger partial charge on any atom is 0.244 e. The minimum atomic E-state index is -0.379. The fourth-order valence-corrected chi connectivity index (χ4v) is 3.67. The summed E-state index contributed by atoms with van der Waals surface area (Å²) >= 11 is 12.1. The Balaban J connectivity index is 1.92. The predicted octanol–water partition coefficient (Wildman–Crippen LogP) is 3.43. The normalized spacial score (nSPS) is 16.7. The van der Waals surface area contributed by atoms with Crippen LogP contribution in [0.2, 0.25) is 10.0 Å². The van der Waals surface area contributed by atoms with Crippen LogP contribution in [-0.2, 0) is 14.4 Å². The molecule has 1 fully saturated rings. The number of hydrogen-bond acceptors (Lipinski definition) is 3. The third kappa shape index (κ3) is 5.84. The summed E-state index contributed by atoms with van der Waals surface area (Å²) in [6.07, 6.45) is 2.80. The molecule has 3 amide bonds. The van der Waals surface area contributed by atoms with Crippen molar-refractivity contribution >= 4 is 46.6 Å². The Labute approximate surface area is 169 Å². The molecule has 8 heteroatoms. The van der Waals surface area contributed by atoms with Crippen LogP contribution in [0, 0.1) is 5.92 Å². The van der Waals surface area contributed by atoms with Crippen LogP contribution >= 0.6 is 23.2 Å². The second-order valence-corrected chi connectivity index (χ2v) is 7.58. The minimum absolute atomic E-state index is 0.0868. The molecule has 1 aliphatic heterocycles. The average molecular weight is 414 g/mol. The quantitative estimate of drug-likeness (QED) is 0.776. The standard InChI is InChI=1S/C19H25Cl2N3O3/c1-3-6-17(26)24-10-5-7-13(11-24)19(27)23(2)12-16(25)22-18-14(20)8-4-9-15(18)21/h4,8-9,13H,3,5-7,10-12H2,1-2H3,(H,22,25). The molecule has 1 saturated heterocycles. The van der Waals surface area contributed by atoms with Crippen molar-refractivity contribution in [2.75, 3.05) is 32.0 Å². The lowest BCUT2D eigenvalue weighted by atomic mass is 9.96. The smallest absolute Gasteiger partial charge is 0.244 e. The summed E-state index contributed by atoms with van der Waals surface area (Å²) in [5, 5.41) is 3.32. The third-order valence-electron chi connectivity index (χ3n) is 4.57. The third-order valence-corrected chi connectivity index (χ3v) is 5.20. The van der Waals surface area contributed by atoms with Gasteiger partial charge < -0.3 is 15.1 Å². The van der Waals surface area contributed by atoms with Gasteiger partial charge in [-0.05, 0) is 31.4 Å². The molecule has 1 aromatic rings. The number of nitrogens with one attached hydrogen (secondary N) is 1. The number of amides is 3. The molecule has 1 aromatic carbocycles. The van der Waals surface area contributed by atoms with E-state index in [1.165, 1.54) is 4.90 Å². The Hall–Kier alpha value is -1.79. The molecule has 1 atom stereocenters. The fourth-order valence-electron chi connectivity index (χ4n) is 3.18. The van der Waals surface area contributed by atoms with Crippen molar-refractivity contribution in [3.8, 4) is 0 Å². The summed E-state index contributed by atoms with van der Waals surface area (Å²) in [7, 11) is 1.59. The van der Waals surface area contributed by atoms with Crippen LogP contribution in [0.5, 0.6) is 0 Å². The van der Waals surface area contributed by atoms with Crippen molar-refractivity contribution in [2.45, 2.75) is 32.6 Å². The number of para-hydroxylation sites is 1. The highest BCUT2D eigenvalue weighted by Crippen LogP contribution is 2.29. The van der Waals surface area contributed by atoms with Gasteiger partial charge in [0, 0.05) is 26.6 Å². The molecule has 1 aliphatic rings. The number of likely N-dealkylation sites (N-methyl/N-ethyl adjacent to an activating group) is 1. The van der Waals surface area contributed by atoms with Crippen molar-refractivity contribution < 1.29 is 14.4 Å². The zero-order chi connectivity index (χ0) is 20.0. The van der Waals surface area contributed by atoms with Crippen LogP contribution in [0.3, 0.4) is 0 Å². The van der Waals surface area contributed by atoms with E-state index in [2.05, 4.69) is 5.32 Å². The van der Waals surface area contributed by atoms with Gasteiger partial charge in [0.05, 0.1) is 28.2 Å². The monoisotopic (exact) mass is 413 g/mol. The Morgan fingerprint density at radius 2 is 1.93 bits per heavy atom. The summed E-state index contributed by atoms with van der Waals surface area (Å²) in [4.78, 5) is 40.2. The van der Waals surface area contributed by atoms with Crippen LogP contribution in [0.25, 0.3) is 0 Å². The highest BCUT2D eigenvalue weighted by Gasteiger charge is 2.30. The highest BCUT2D eigenvalue weighted by atomic mass is 35.5. The van der Waals surface area contributed by atoms with E-state index in [0.717, 1.165) is 19.3 Å². The van der Waals surface area contributed by atoms with Gasteiger partial charge in [-0.2, -0.15) is 0 Å². The number of carbonyl (C=O) groups excluding carboxylic acids is 3. The van der Waals surface area contributed by atoms with Gasteiger partial charge in [0.15, 0.2) is 0 Å². The maximum absolute atomic E-state index is 12.7.